The molecule has 4 heteroatoms. The van der Waals surface area contributed by atoms with Crippen LogP contribution in [0.4, 0.5) is 5.69 Å². The van der Waals surface area contributed by atoms with E-state index in [0.29, 0.717) is 12.0 Å². The van der Waals surface area contributed by atoms with Gasteiger partial charge in [-0.05, 0) is 26.0 Å². The number of carbonyl (C=O) groups is 1. The first-order valence-corrected chi connectivity index (χ1v) is 4.77. The van der Waals surface area contributed by atoms with Crippen LogP contribution >= 0.6 is 0 Å². The molecule has 1 aromatic carbocycles. The number of hydrogen-bond donors (Lipinski definition) is 3. The molecule has 15 heavy (non-hydrogen) atoms. The predicted molar refractivity (Wildman–Crippen MR) is 58.3 cm³/mol. The van der Waals surface area contributed by atoms with Gasteiger partial charge in [0.1, 0.15) is 5.75 Å². The van der Waals surface area contributed by atoms with Crippen LogP contribution in [0.15, 0.2) is 18.2 Å². The van der Waals surface area contributed by atoms with Crippen LogP contribution in [-0.2, 0) is 0 Å². The Labute approximate surface area is 88.6 Å². The number of carbonyl (C=O) groups excluding carboxylic acids is 1. The van der Waals surface area contributed by atoms with Crippen LogP contribution < -0.4 is 5.32 Å². The summed E-state index contributed by atoms with van der Waals surface area (Å²) >= 11 is 0. The molecule has 0 radical (unpaired) electrons. The number of phenolic OH excluding ortho intramolecular Hbond substituents is 1. The summed E-state index contributed by atoms with van der Waals surface area (Å²) in [5.74, 6) is -0.0622. The molecule has 0 spiro atoms. The second kappa shape index (κ2) is 4.79. The van der Waals surface area contributed by atoms with Crippen molar-refractivity contribution in [2.24, 2.45) is 0 Å². The van der Waals surface area contributed by atoms with E-state index < -0.39 is 6.10 Å². The normalized spacial score (nSPS) is 14.3. The maximum Gasteiger partial charge on any atom is 0.153 e. The Bertz CT molecular complexity index is 350. The monoisotopic (exact) mass is 209 g/mol. The minimum Gasteiger partial charge on any atom is -0.507 e. The molecule has 0 aliphatic rings. The molecule has 0 bridgehead atoms. The molecule has 0 saturated carbocycles. The van der Waals surface area contributed by atoms with E-state index in [0.717, 1.165) is 0 Å². The van der Waals surface area contributed by atoms with E-state index in [1.165, 1.54) is 12.1 Å². The van der Waals surface area contributed by atoms with Crippen LogP contribution in [0.2, 0.25) is 0 Å². The largest absolute Gasteiger partial charge is 0.507 e. The number of anilines is 1. The van der Waals surface area contributed by atoms with Gasteiger partial charge in [-0.2, -0.15) is 0 Å². The van der Waals surface area contributed by atoms with Crippen molar-refractivity contribution in [2.45, 2.75) is 26.0 Å². The van der Waals surface area contributed by atoms with Crippen LogP contribution in [0.25, 0.3) is 0 Å². The van der Waals surface area contributed by atoms with Crippen molar-refractivity contribution in [3.8, 4) is 5.75 Å². The molecule has 0 aromatic heterocycles. The molecule has 82 valence electrons. The minimum atomic E-state index is -0.488. The van der Waals surface area contributed by atoms with E-state index in [4.69, 9.17) is 0 Å². The van der Waals surface area contributed by atoms with Gasteiger partial charge < -0.3 is 15.5 Å². The van der Waals surface area contributed by atoms with Gasteiger partial charge in [0.15, 0.2) is 6.29 Å². The van der Waals surface area contributed by atoms with Crippen molar-refractivity contribution in [3.63, 3.8) is 0 Å². The fraction of sp³-hybridized carbons (Fsp3) is 0.364. The van der Waals surface area contributed by atoms with Gasteiger partial charge in [-0.1, -0.05) is 0 Å². The van der Waals surface area contributed by atoms with Crippen LogP contribution in [-0.4, -0.2) is 28.6 Å². The van der Waals surface area contributed by atoms with Crippen molar-refractivity contribution in [1.29, 1.82) is 0 Å². The van der Waals surface area contributed by atoms with Crippen LogP contribution in [0.1, 0.15) is 24.2 Å². The van der Waals surface area contributed by atoms with Crippen molar-refractivity contribution in [3.05, 3.63) is 23.8 Å². The van der Waals surface area contributed by atoms with E-state index >= 15 is 0 Å². The number of aromatic hydroxyl groups is 1. The van der Waals surface area contributed by atoms with Crippen molar-refractivity contribution in [1.82, 2.24) is 0 Å². The number of nitrogens with one attached hydrogen (secondary N) is 1. The average Bonchev–Trinajstić information content (AvgIpc) is 2.18. The molecule has 3 N–H and O–H groups in total. The second-order valence-electron chi connectivity index (χ2n) is 3.57. The van der Waals surface area contributed by atoms with Crippen molar-refractivity contribution < 1.29 is 15.0 Å². The molecule has 0 amide bonds. The Kier molecular flexibility index (Phi) is 3.68. The Morgan fingerprint density at radius 3 is 2.53 bits per heavy atom. The lowest BCUT2D eigenvalue weighted by Gasteiger charge is -2.18. The zero-order valence-electron chi connectivity index (χ0n) is 8.77. The number of aldehydes is 1. The lowest BCUT2D eigenvalue weighted by molar-refractivity contribution is 0.112. The third-order valence-corrected chi connectivity index (χ3v) is 2.28. The summed E-state index contributed by atoms with van der Waals surface area (Å²) in [6.45, 7) is 3.51. The number of benzene rings is 1. The minimum absolute atomic E-state index is 0.0622. The molecule has 0 heterocycles. The molecule has 2 atom stereocenters. The summed E-state index contributed by atoms with van der Waals surface area (Å²) in [5.41, 5.74) is 0.928. The molecule has 0 aliphatic carbocycles. The third kappa shape index (κ3) is 2.95. The van der Waals surface area contributed by atoms with Crippen LogP contribution in [0, 0.1) is 0 Å². The zero-order valence-corrected chi connectivity index (χ0v) is 8.77. The molecule has 0 saturated heterocycles. The Balaban J connectivity index is 2.79. The zero-order chi connectivity index (χ0) is 11.4. The van der Waals surface area contributed by atoms with E-state index in [-0.39, 0.29) is 17.4 Å². The summed E-state index contributed by atoms with van der Waals surface area (Å²) in [7, 11) is 0. The van der Waals surface area contributed by atoms with E-state index in [9.17, 15) is 15.0 Å². The average molecular weight is 209 g/mol. The molecule has 1 aromatic rings. The summed E-state index contributed by atoms with van der Waals surface area (Å²) in [6, 6.07) is 4.55. The van der Waals surface area contributed by atoms with Gasteiger partial charge >= 0.3 is 0 Å². The van der Waals surface area contributed by atoms with Gasteiger partial charge in [-0.15, -0.1) is 0 Å². The highest BCUT2D eigenvalue weighted by Gasteiger charge is 2.09. The van der Waals surface area contributed by atoms with Gasteiger partial charge in [0.2, 0.25) is 0 Å². The Morgan fingerprint density at radius 1 is 1.40 bits per heavy atom. The summed E-state index contributed by atoms with van der Waals surface area (Å²) in [5, 5.41) is 21.7. The molecule has 0 aliphatic heterocycles. The number of aliphatic hydroxyl groups is 1. The topological polar surface area (TPSA) is 69.6 Å². The first-order valence-electron chi connectivity index (χ1n) is 4.77. The Morgan fingerprint density at radius 2 is 2.07 bits per heavy atom. The maximum absolute atomic E-state index is 10.4. The number of rotatable bonds is 4. The van der Waals surface area contributed by atoms with E-state index in [2.05, 4.69) is 5.32 Å². The lowest BCUT2D eigenvalue weighted by atomic mass is 10.1. The summed E-state index contributed by atoms with van der Waals surface area (Å²) < 4.78 is 0. The van der Waals surface area contributed by atoms with Crippen LogP contribution in [0.5, 0.6) is 5.75 Å². The number of aliphatic hydroxyl groups excluding tert-OH is 1. The number of phenols is 1. The fourth-order valence-corrected chi connectivity index (χ4v) is 1.12. The highest BCUT2D eigenvalue weighted by atomic mass is 16.3. The Hall–Kier alpha value is -1.55. The first-order chi connectivity index (χ1) is 7.04. The third-order valence-electron chi connectivity index (χ3n) is 2.28. The van der Waals surface area contributed by atoms with E-state index in [1.807, 2.05) is 6.92 Å². The van der Waals surface area contributed by atoms with Crippen molar-refractivity contribution >= 4 is 12.0 Å². The van der Waals surface area contributed by atoms with Crippen LogP contribution in [0.3, 0.4) is 0 Å². The van der Waals surface area contributed by atoms with Gasteiger partial charge in [0, 0.05) is 17.8 Å². The second-order valence-corrected chi connectivity index (χ2v) is 3.57. The molecular formula is C11H15NO3. The van der Waals surface area contributed by atoms with E-state index in [1.54, 1.807) is 13.0 Å². The maximum atomic E-state index is 10.4. The smallest absolute Gasteiger partial charge is 0.153 e. The highest BCUT2D eigenvalue weighted by molar-refractivity contribution is 5.80. The van der Waals surface area contributed by atoms with Gasteiger partial charge in [-0.3, -0.25) is 4.79 Å². The molecule has 2 unspecified atom stereocenters. The van der Waals surface area contributed by atoms with Gasteiger partial charge in [-0.25, -0.2) is 0 Å². The van der Waals surface area contributed by atoms with Gasteiger partial charge in [0.25, 0.3) is 0 Å². The predicted octanol–water partition coefficient (Wildman–Crippen LogP) is 1.39. The summed E-state index contributed by atoms with van der Waals surface area (Å²) in [4.78, 5) is 10.4. The molecule has 0 fully saturated rings. The molecule has 1 rings (SSSR count). The molecular weight excluding hydrogens is 194 g/mol. The standard InChI is InChI=1S/C11H15NO3/c1-7(8(2)14)12-10-4-3-9(6-13)11(15)5-10/h3-8,12,14-15H,1-2H3. The summed E-state index contributed by atoms with van der Waals surface area (Å²) in [6.07, 6.45) is 0.106. The quantitative estimate of drug-likeness (QED) is 0.655. The lowest BCUT2D eigenvalue weighted by Crippen LogP contribution is -2.27. The fourth-order valence-electron chi connectivity index (χ4n) is 1.12. The SMILES string of the molecule is CC(O)C(C)Nc1ccc(C=O)c(O)c1. The van der Waals surface area contributed by atoms with Crippen molar-refractivity contribution in [2.75, 3.05) is 5.32 Å². The van der Waals surface area contributed by atoms with Gasteiger partial charge in [0.05, 0.1) is 11.7 Å². The highest BCUT2D eigenvalue weighted by Crippen LogP contribution is 2.21. The molecule has 4 nitrogen and oxygen atoms in total. The first kappa shape index (κ1) is 11.5. The number of hydrogen-bond acceptors (Lipinski definition) is 4.